The molecular formula is C6H12O2. The van der Waals surface area contributed by atoms with E-state index >= 15 is 0 Å². The summed E-state index contributed by atoms with van der Waals surface area (Å²) in [4.78, 5) is 0. The summed E-state index contributed by atoms with van der Waals surface area (Å²) < 4.78 is 4.44. The summed E-state index contributed by atoms with van der Waals surface area (Å²) >= 11 is 0. The quantitative estimate of drug-likeness (QED) is 0.552. The van der Waals surface area contributed by atoms with E-state index in [1.165, 1.54) is 6.42 Å². The molecule has 2 nitrogen and oxygen atoms in total. The Morgan fingerprint density at radius 2 is 2.25 bits per heavy atom. The summed E-state index contributed by atoms with van der Waals surface area (Å²) in [5.41, 5.74) is 0. The Bertz CT molecular complexity index is 31.5. The van der Waals surface area contributed by atoms with Crippen LogP contribution < -0.4 is 0 Å². The Labute approximate surface area is 50.5 Å². The molecule has 0 aromatic carbocycles. The lowest BCUT2D eigenvalue weighted by atomic mass is 10.3. The van der Waals surface area contributed by atoms with Gasteiger partial charge in [-0.3, -0.25) is 0 Å². The van der Waals surface area contributed by atoms with Crippen LogP contribution in [-0.4, -0.2) is 11.7 Å². The van der Waals surface area contributed by atoms with Crippen molar-refractivity contribution in [2.75, 3.05) is 6.61 Å². The second kappa shape index (κ2) is 6.92. The smallest absolute Gasteiger partial charge is 0.289 e. The molecule has 0 aliphatic carbocycles. The number of unbranched alkanes of at least 4 members (excludes halogenated alkanes) is 2. The molecule has 48 valence electrons. The predicted octanol–water partition coefficient (Wildman–Crippen LogP) is 1.56. The van der Waals surface area contributed by atoms with Gasteiger partial charge in [-0.25, -0.2) is 0 Å². The molecule has 0 bridgehead atoms. The Kier molecular flexibility index (Phi) is 6.85. The van der Waals surface area contributed by atoms with Crippen LogP contribution in [0.15, 0.2) is 0 Å². The minimum Gasteiger partial charge on any atom is -0.357 e. The van der Waals surface area contributed by atoms with E-state index in [1.54, 1.807) is 6.79 Å². The van der Waals surface area contributed by atoms with Crippen molar-refractivity contribution in [3.8, 4) is 0 Å². The molecule has 2 radical (unpaired) electrons. The Morgan fingerprint density at radius 1 is 1.50 bits per heavy atom. The average molecular weight is 116 g/mol. The molecule has 0 rings (SSSR count). The Morgan fingerprint density at radius 3 is 2.75 bits per heavy atom. The molecular weight excluding hydrogens is 104 g/mol. The molecule has 0 atom stereocenters. The highest BCUT2D eigenvalue weighted by atomic mass is 16.6. The lowest BCUT2D eigenvalue weighted by Crippen LogP contribution is -1.89. The summed E-state index contributed by atoms with van der Waals surface area (Å²) in [5.74, 6) is 0. The molecule has 2 heteroatoms. The van der Waals surface area contributed by atoms with Gasteiger partial charge in [-0.2, -0.15) is 0 Å². The van der Waals surface area contributed by atoms with Crippen LogP contribution in [0.25, 0.3) is 0 Å². The monoisotopic (exact) mass is 116 g/mol. The Balaban J connectivity index is 2.53. The number of aliphatic hydroxyl groups is 1. The van der Waals surface area contributed by atoms with E-state index in [4.69, 9.17) is 5.11 Å². The van der Waals surface area contributed by atoms with E-state index < -0.39 is 0 Å². The first-order chi connectivity index (χ1) is 3.91. The summed E-state index contributed by atoms with van der Waals surface area (Å²) in [7, 11) is 0. The fourth-order valence-corrected chi connectivity index (χ4v) is 0.470. The third kappa shape index (κ3) is 5.92. The number of aliphatic hydroxyl groups excluding tert-OH is 1. The first kappa shape index (κ1) is 7.92. The van der Waals surface area contributed by atoms with Crippen LogP contribution in [0.1, 0.15) is 26.2 Å². The number of ether oxygens (including phenoxy) is 1. The molecule has 0 amide bonds. The van der Waals surface area contributed by atoms with Crippen molar-refractivity contribution in [1.82, 2.24) is 0 Å². The normalized spacial score (nSPS) is 9.75. The number of hydrogen-bond donors (Lipinski definition) is 1. The molecule has 0 aromatic heterocycles. The molecule has 0 saturated carbocycles. The van der Waals surface area contributed by atoms with Crippen molar-refractivity contribution in [2.45, 2.75) is 26.2 Å². The summed E-state index contributed by atoms with van der Waals surface area (Å²) in [6.07, 6.45) is 3.33. The van der Waals surface area contributed by atoms with Crippen LogP contribution in [0.4, 0.5) is 0 Å². The zero-order valence-electron chi connectivity index (χ0n) is 5.18. The first-order valence-electron chi connectivity index (χ1n) is 2.92. The summed E-state index contributed by atoms with van der Waals surface area (Å²) in [5, 5.41) is 7.89. The third-order valence-corrected chi connectivity index (χ3v) is 0.915. The lowest BCUT2D eigenvalue weighted by Gasteiger charge is -1.94. The average Bonchev–Trinajstić information content (AvgIpc) is 1.81. The zero-order chi connectivity index (χ0) is 6.24. The van der Waals surface area contributed by atoms with Crippen LogP contribution in [-0.2, 0) is 4.74 Å². The predicted molar refractivity (Wildman–Crippen MR) is 30.7 cm³/mol. The fourth-order valence-electron chi connectivity index (χ4n) is 0.470. The highest BCUT2D eigenvalue weighted by Gasteiger charge is 1.84. The standard InChI is InChI=1S/C6H12O2/c1-2-3-4-5-8-6-7/h7H,2-5H2,1H3. The zero-order valence-corrected chi connectivity index (χ0v) is 5.18. The second-order valence-corrected chi connectivity index (χ2v) is 1.65. The first-order valence-corrected chi connectivity index (χ1v) is 2.92. The molecule has 8 heavy (non-hydrogen) atoms. The van der Waals surface area contributed by atoms with Gasteiger partial charge in [-0.15, -0.1) is 0 Å². The third-order valence-electron chi connectivity index (χ3n) is 0.915. The van der Waals surface area contributed by atoms with E-state index in [1.807, 2.05) is 0 Å². The van der Waals surface area contributed by atoms with E-state index in [9.17, 15) is 0 Å². The maximum absolute atomic E-state index is 7.89. The van der Waals surface area contributed by atoms with Crippen molar-refractivity contribution < 1.29 is 9.84 Å². The van der Waals surface area contributed by atoms with Crippen molar-refractivity contribution in [3.05, 3.63) is 6.79 Å². The topological polar surface area (TPSA) is 29.5 Å². The van der Waals surface area contributed by atoms with Gasteiger partial charge >= 0.3 is 0 Å². The van der Waals surface area contributed by atoms with Crippen LogP contribution >= 0.6 is 0 Å². The van der Waals surface area contributed by atoms with Gasteiger partial charge in [-0.1, -0.05) is 19.8 Å². The van der Waals surface area contributed by atoms with Gasteiger partial charge in [0.05, 0.1) is 6.61 Å². The van der Waals surface area contributed by atoms with Crippen LogP contribution in [0, 0.1) is 6.79 Å². The minimum atomic E-state index is 0.588. The number of rotatable bonds is 5. The van der Waals surface area contributed by atoms with Crippen LogP contribution in [0.5, 0.6) is 0 Å². The van der Waals surface area contributed by atoms with Gasteiger partial charge in [0, 0.05) is 0 Å². The SMILES string of the molecule is CCCCCO[C]O. The molecule has 1 N–H and O–H groups in total. The van der Waals surface area contributed by atoms with Crippen molar-refractivity contribution in [3.63, 3.8) is 0 Å². The second-order valence-electron chi connectivity index (χ2n) is 1.65. The van der Waals surface area contributed by atoms with Gasteiger partial charge < -0.3 is 9.84 Å². The van der Waals surface area contributed by atoms with E-state index in [-0.39, 0.29) is 0 Å². The molecule has 0 unspecified atom stereocenters. The number of hydrogen-bond acceptors (Lipinski definition) is 2. The highest BCUT2D eigenvalue weighted by Crippen LogP contribution is 1.93. The minimum absolute atomic E-state index is 0.588. The summed E-state index contributed by atoms with van der Waals surface area (Å²) in [6, 6.07) is 0. The van der Waals surface area contributed by atoms with Crippen molar-refractivity contribution in [2.24, 2.45) is 0 Å². The van der Waals surface area contributed by atoms with Crippen molar-refractivity contribution in [1.29, 1.82) is 0 Å². The van der Waals surface area contributed by atoms with Gasteiger partial charge in [0.25, 0.3) is 6.79 Å². The van der Waals surface area contributed by atoms with Gasteiger partial charge in [-0.05, 0) is 6.42 Å². The van der Waals surface area contributed by atoms with Gasteiger partial charge in [0.2, 0.25) is 0 Å². The molecule has 0 fully saturated rings. The largest absolute Gasteiger partial charge is 0.357 e. The molecule has 0 aliphatic rings. The molecule has 0 spiro atoms. The maximum atomic E-state index is 7.89. The molecule has 0 aliphatic heterocycles. The van der Waals surface area contributed by atoms with Gasteiger partial charge in [0.1, 0.15) is 0 Å². The van der Waals surface area contributed by atoms with Crippen LogP contribution in [0.3, 0.4) is 0 Å². The van der Waals surface area contributed by atoms with E-state index in [2.05, 4.69) is 11.7 Å². The van der Waals surface area contributed by atoms with E-state index in [0.717, 1.165) is 12.8 Å². The van der Waals surface area contributed by atoms with Crippen molar-refractivity contribution >= 4 is 0 Å². The lowest BCUT2D eigenvalue weighted by molar-refractivity contribution is 0.0759. The Hall–Kier alpha value is -0.0800. The van der Waals surface area contributed by atoms with E-state index in [0.29, 0.717) is 6.61 Å². The molecule has 0 heterocycles. The maximum Gasteiger partial charge on any atom is 0.289 e. The fraction of sp³-hybridized carbons (Fsp3) is 0.833. The molecule has 0 saturated heterocycles. The van der Waals surface area contributed by atoms with Crippen LogP contribution in [0.2, 0.25) is 0 Å². The summed E-state index contributed by atoms with van der Waals surface area (Å²) in [6.45, 7) is 4.33. The highest BCUT2D eigenvalue weighted by molar-refractivity contribution is 4.35. The van der Waals surface area contributed by atoms with Gasteiger partial charge in [0.15, 0.2) is 0 Å². The molecule has 0 aromatic rings.